The number of amides is 1. The molecular formula is C16H21NO4. The molecule has 3 atom stereocenters. The highest BCUT2D eigenvalue weighted by molar-refractivity contribution is 5.81. The predicted octanol–water partition coefficient (Wildman–Crippen LogP) is 1.49. The fourth-order valence-corrected chi connectivity index (χ4v) is 2.92. The molecule has 1 fully saturated rings. The van der Waals surface area contributed by atoms with Crippen LogP contribution in [0.1, 0.15) is 25.7 Å². The largest absolute Gasteiger partial charge is 0.485 e. The highest BCUT2D eigenvalue weighted by atomic mass is 16.6. The monoisotopic (exact) mass is 291 g/mol. The maximum atomic E-state index is 12.2. The minimum absolute atomic E-state index is 0.152. The van der Waals surface area contributed by atoms with Gasteiger partial charge in [-0.05, 0) is 25.0 Å². The van der Waals surface area contributed by atoms with Crippen LogP contribution in [0.3, 0.4) is 0 Å². The number of aliphatic hydroxyl groups is 1. The molecule has 1 aromatic carbocycles. The van der Waals surface area contributed by atoms with E-state index in [9.17, 15) is 9.90 Å². The number of nitrogens with one attached hydrogen (secondary N) is 1. The van der Waals surface area contributed by atoms with E-state index in [0.717, 1.165) is 25.7 Å². The lowest BCUT2D eigenvalue weighted by Crippen LogP contribution is -2.46. The SMILES string of the molecule is O=C(NCC1CCCCC1O)C1COc2ccccc2O1. The molecule has 114 valence electrons. The van der Waals surface area contributed by atoms with Gasteiger partial charge in [-0.1, -0.05) is 25.0 Å². The zero-order valence-electron chi connectivity index (χ0n) is 12.0. The molecule has 0 aromatic heterocycles. The van der Waals surface area contributed by atoms with Crippen molar-refractivity contribution in [1.82, 2.24) is 5.32 Å². The first-order valence-corrected chi connectivity index (χ1v) is 7.58. The van der Waals surface area contributed by atoms with Crippen molar-refractivity contribution in [2.24, 2.45) is 5.92 Å². The van der Waals surface area contributed by atoms with Crippen LogP contribution in [0, 0.1) is 5.92 Å². The number of hydrogen-bond acceptors (Lipinski definition) is 4. The Morgan fingerprint density at radius 1 is 1.24 bits per heavy atom. The second kappa shape index (κ2) is 6.35. The summed E-state index contributed by atoms with van der Waals surface area (Å²) in [5, 5.41) is 12.8. The second-order valence-electron chi connectivity index (χ2n) is 5.72. The van der Waals surface area contributed by atoms with Gasteiger partial charge in [0.2, 0.25) is 6.10 Å². The molecule has 0 saturated heterocycles. The summed E-state index contributed by atoms with van der Waals surface area (Å²) in [7, 11) is 0. The van der Waals surface area contributed by atoms with E-state index in [4.69, 9.17) is 9.47 Å². The molecular weight excluding hydrogens is 270 g/mol. The lowest BCUT2D eigenvalue weighted by Gasteiger charge is -2.29. The number of rotatable bonds is 3. The number of carbonyl (C=O) groups excluding carboxylic acids is 1. The van der Waals surface area contributed by atoms with Crippen molar-refractivity contribution in [1.29, 1.82) is 0 Å². The van der Waals surface area contributed by atoms with Crippen molar-refractivity contribution in [3.8, 4) is 11.5 Å². The smallest absolute Gasteiger partial charge is 0.264 e. The summed E-state index contributed by atoms with van der Waals surface area (Å²) in [6.07, 6.45) is 3.06. The van der Waals surface area contributed by atoms with Crippen molar-refractivity contribution in [2.45, 2.75) is 37.9 Å². The number of fused-ring (bicyclic) bond motifs is 1. The average molecular weight is 291 g/mol. The van der Waals surface area contributed by atoms with Crippen LogP contribution in [0.15, 0.2) is 24.3 Å². The number of aliphatic hydroxyl groups excluding tert-OH is 1. The molecule has 5 nitrogen and oxygen atoms in total. The van der Waals surface area contributed by atoms with Crippen molar-refractivity contribution < 1.29 is 19.4 Å². The third-order valence-electron chi connectivity index (χ3n) is 4.21. The Balaban J connectivity index is 1.52. The minimum Gasteiger partial charge on any atom is -0.485 e. The van der Waals surface area contributed by atoms with Crippen LogP contribution in [0.5, 0.6) is 11.5 Å². The molecule has 0 radical (unpaired) electrons. The van der Waals surface area contributed by atoms with Crippen LogP contribution >= 0.6 is 0 Å². The van der Waals surface area contributed by atoms with Gasteiger partial charge in [-0.15, -0.1) is 0 Å². The van der Waals surface area contributed by atoms with Gasteiger partial charge in [0, 0.05) is 12.5 Å². The first-order chi connectivity index (χ1) is 10.2. The minimum atomic E-state index is -0.624. The van der Waals surface area contributed by atoms with E-state index in [1.54, 1.807) is 6.07 Å². The zero-order chi connectivity index (χ0) is 14.7. The molecule has 1 heterocycles. The van der Waals surface area contributed by atoms with E-state index in [0.29, 0.717) is 18.0 Å². The van der Waals surface area contributed by atoms with E-state index in [1.807, 2.05) is 18.2 Å². The molecule has 1 aliphatic carbocycles. The lowest BCUT2D eigenvalue weighted by atomic mass is 9.86. The summed E-state index contributed by atoms with van der Waals surface area (Å²) in [5.41, 5.74) is 0. The summed E-state index contributed by atoms with van der Waals surface area (Å²) in [5.74, 6) is 1.24. The van der Waals surface area contributed by atoms with Crippen LogP contribution in [0.4, 0.5) is 0 Å². The van der Waals surface area contributed by atoms with Gasteiger partial charge in [-0.3, -0.25) is 4.79 Å². The summed E-state index contributed by atoms with van der Waals surface area (Å²) >= 11 is 0. The van der Waals surface area contributed by atoms with E-state index in [2.05, 4.69) is 5.32 Å². The maximum absolute atomic E-state index is 12.2. The number of hydrogen-bond donors (Lipinski definition) is 2. The highest BCUT2D eigenvalue weighted by Crippen LogP contribution is 2.31. The highest BCUT2D eigenvalue weighted by Gasteiger charge is 2.29. The Labute approximate surface area is 124 Å². The number of para-hydroxylation sites is 2. The van der Waals surface area contributed by atoms with Gasteiger partial charge in [0.1, 0.15) is 6.61 Å². The molecule has 3 unspecified atom stereocenters. The first-order valence-electron chi connectivity index (χ1n) is 7.58. The van der Waals surface area contributed by atoms with Crippen molar-refractivity contribution >= 4 is 5.91 Å². The Morgan fingerprint density at radius 2 is 2.00 bits per heavy atom. The van der Waals surface area contributed by atoms with E-state index < -0.39 is 6.10 Å². The molecule has 0 bridgehead atoms. The van der Waals surface area contributed by atoms with Gasteiger partial charge in [0.25, 0.3) is 5.91 Å². The molecule has 2 aliphatic rings. The zero-order valence-corrected chi connectivity index (χ0v) is 12.0. The first kappa shape index (κ1) is 14.2. The quantitative estimate of drug-likeness (QED) is 0.885. The molecule has 1 aliphatic heterocycles. The van der Waals surface area contributed by atoms with E-state index >= 15 is 0 Å². The van der Waals surface area contributed by atoms with Crippen LogP contribution in [0.2, 0.25) is 0 Å². The fraction of sp³-hybridized carbons (Fsp3) is 0.562. The van der Waals surface area contributed by atoms with Gasteiger partial charge in [-0.25, -0.2) is 0 Å². The standard InChI is InChI=1S/C16H21NO4/c18-12-6-2-1-5-11(12)9-17-16(19)15-10-20-13-7-3-4-8-14(13)21-15/h3-4,7-8,11-12,15,18H,1-2,5-6,9-10H2,(H,17,19). The molecule has 1 aromatic rings. The molecule has 1 saturated carbocycles. The number of ether oxygens (including phenoxy) is 2. The second-order valence-corrected chi connectivity index (χ2v) is 5.72. The average Bonchev–Trinajstić information content (AvgIpc) is 2.53. The summed E-state index contributed by atoms with van der Waals surface area (Å²) in [4.78, 5) is 12.2. The molecule has 5 heteroatoms. The van der Waals surface area contributed by atoms with Crippen molar-refractivity contribution in [2.75, 3.05) is 13.2 Å². The summed E-state index contributed by atoms with van der Waals surface area (Å²) < 4.78 is 11.2. The molecule has 1 amide bonds. The summed E-state index contributed by atoms with van der Waals surface area (Å²) in [6, 6.07) is 7.33. The molecule has 2 N–H and O–H groups in total. The third-order valence-corrected chi connectivity index (χ3v) is 4.21. The molecule has 0 spiro atoms. The van der Waals surface area contributed by atoms with Crippen LogP contribution in [0.25, 0.3) is 0 Å². The molecule has 21 heavy (non-hydrogen) atoms. The molecule has 3 rings (SSSR count). The summed E-state index contributed by atoms with van der Waals surface area (Å²) in [6.45, 7) is 0.720. The van der Waals surface area contributed by atoms with Gasteiger partial charge in [-0.2, -0.15) is 0 Å². The van der Waals surface area contributed by atoms with Crippen molar-refractivity contribution in [3.63, 3.8) is 0 Å². The fourth-order valence-electron chi connectivity index (χ4n) is 2.92. The lowest BCUT2D eigenvalue weighted by molar-refractivity contribution is -0.130. The Hall–Kier alpha value is -1.75. The van der Waals surface area contributed by atoms with Crippen LogP contribution in [-0.2, 0) is 4.79 Å². The Kier molecular flexibility index (Phi) is 4.29. The Bertz CT molecular complexity index is 505. The number of carbonyl (C=O) groups is 1. The van der Waals surface area contributed by atoms with E-state index in [1.165, 1.54) is 0 Å². The maximum Gasteiger partial charge on any atom is 0.264 e. The van der Waals surface area contributed by atoms with E-state index in [-0.39, 0.29) is 24.5 Å². The van der Waals surface area contributed by atoms with Gasteiger partial charge >= 0.3 is 0 Å². The predicted molar refractivity (Wildman–Crippen MR) is 77.3 cm³/mol. The number of benzene rings is 1. The topological polar surface area (TPSA) is 67.8 Å². The van der Waals surface area contributed by atoms with Crippen molar-refractivity contribution in [3.05, 3.63) is 24.3 Å². The van der Waals surface area contributed by atoms with Crippen LogP contribution in [-0.4, -0.2) is 36.4 Å². The third kappa shape index (κ3) is 3.29. The van der Waals surface area contributed by atoms with Gasteiger partial charge < -0.3 is 19.9 Å². The normalized spacial score (nSPS) is 28.0. The van der Waals surface area contributed by atoms with Gasteiger partial charge in [0.05, 0.1) is 6.10 Å². The van der Waals surface area contributed by atoms with Gasteiger partial charge in [0.15, 0.2) is 11.5 Å². The van der Waals surface area contributed by atoms with Crippen LogP contribution < -0.4 is 14.8 Å². The Morgan fingerprint density at radius 3 is 2.81 bits per heavy atom.